The van der Waals surface area contributed by atoms with Gasteiger partial charge >= 0.3 is 0 Å². The Balaban J connectivity index is 2.03. The van der Waals surface area contributed by atoms with Crippen molar-refractivity contribution in [3.05, 3.63) is 60.0 Å². The predicted octanol–water partition coefficient (Wildman–Crippen LogP) is 2.86. The first-order chi connectivity index (χ1) is 6.93. The SMILES string of the molecule is C1=CC(=C2Nc3ccccc3N2)C=C1. The number of rotatable bonds is 0. The lowest BCUT2D eigenvalue weighted by atomic mass is 10.3. The number of para-hydroxylation sites is 2. The van der Waals surface area contributed by atoms with Crippen LogP contribution >= 0.6 is 0 Å². The molecular weight excluding hydrogens is 172 g/mol. The third-order valence-corrected chi connectivity index (χ3v) is 2.40. The molecule has 0 spiro atoms. The van der Waals surface area contributed by atoms with Crippen molar-refractivity contribution >= 4 is 11.4 Å². The van der Waals surface area contributed by atoms with E-state index in [1.807, 2.05) is 24.3 Å². The molecular formula is C12H10N2. The van der Waals surface area contributed by atoms with Gasteiger partial charge in [0.2, 0.25) is 0 Å². The highest BCUT2D eigenvalue weighted by Crippen LogP contribution is 2.31. The van der Waals surface area contributed by atoms with Crippen molar-refractivity contribution in [1.82, 2.24) is 0 Å². The molecule has 0 atom stereocenters. The third kappa shape index (κ3) is 1.04. The van der Waals surface area contributed by atoms with Crippen molar-refractivity contribution < 1.29 is 0 Å². The highest BCUT2D eigenvalue weighted by atomic mass is 15.2. The lowest BCUT2D eigenvalue weighted by Gasteiger charge is -2.01. The summed E-state index contributed by atoms with van der Waals surface area (Å²) in [6, 6.07) is 8.19. The lowest BCUT2D eigenvalue weighted by molar-refractivity contribution is 1.43. The quantitative estimate of drug-likeness (QED) is 0.644. The summed E-state index contributed by atoms with van der Waals surface area (Å²) < 4.78 is 0. The second-order valence-electron chi connectivity index (χ2n) is 3.34. The van der Waals surface area contributed by atoms with Crippen LogP contribution in [0.15, 0.2) is 60.0 Å². The molecule has 0 amide bonds. The molecule has 0 radical (unpaired) electrons. The molecule has 2 nitrogen and oxygen atoms in total. The van der Waals surface area contributed by atoms with Gasteiger partial charge in [-0.3, -0.25) is 0 Å². The van der Waals surface area contributed by atoms with Crippen LogP contribution in [0.2, 0.25) is 0 Å². The first-order valence-corrected chi connectivity index (χ1v) is 4.65. The summed E-state index contributed by atoms with van der Waals surface area (Å²) in [7, 11) is 0. The second kappa shape index (κ2) is 2.77. The van der Waals surface area contributed by atoms with E-state index in [2.05, 4.69) is 34.9 Å². The molecule has 1 heterocycles. The third-order valence-electron chi connectivity index (χ3n) is 2.40. The van der Waals surface area contributed by atoms with Crippen molar-refractivity contribution in [1.29, 1.82) is 0 Å². The van der Waals surface area contributed by atoms with Crippen LogP contribution < -0.4 is 10.6 Å². The molecule has 0 bridgehead atoms. The summed E-state index contributed by atoms with van der Waals surface area (Å²) in [4.78, 5) is 0. The minimum atomic E-state index is 1.07. The Morgan fingerprint density at radius 3 is 1.93 bits per heavy atom. The normalized spacial score (nSPS) is 16.9. The summed E-state index contributed by atoms with van der Waals surface area (Å²) in [6.45, 7) is 0. The van der Waals surface area contributed by atoms with Gasteiger partial charge in [0.1, 0.15) is 5.82 Å². The van der Waals surface area contributed by atoms with Gasteiger partial charge in [0.25, 0.3) is 0 Å². The van der Waals surface area contributed by atoms with Crippen LogP contribution in [0.25, 0.3) is 0 Å². The first-order valence-electron chi connectivity index (χ1n) is 4.65. The number of hydrogen-bond donors (Lipinski definition) is 2. The van der Waals surface area contributed by atoms with Crippen LogP contribution in [-0.4, -0.2) is 0 Å². The van der Waals surface area contributed by atoms with Gasteiger partial charge in [0.05, 0.1) is 11.4 Å². The zero-order chi connectivity index (χ0) is 9.38. The molecule has 0 fully saturated rings. The van der Waals surface area contributed by atoms with Crippen LogP contribution in [0.4, 0.5) is 11.4 Å². The maximum absolute atomic E-state index is 3.34. The van der Waals surface area contributed by atoms with Crippen LogP contribution in [0.3, 0.4) is 0 Å². The van der Waals surface area contributed by atoms with Crippen LogP contribution in [0.5, 0.6) is 0 Å². The zero-order valence-electron chi connectivity index (χ0n) is 7.62. The van der Waals surface area contributed by atoms with Gasteiger partial charge in [0, 0.05) is 5.57 Å². The molecule has 3 rings (SSSR count). The smallest absolute Gasteiger partial charge is 0.115 e. The van der Waals surface area contributed by atoms with Gasteiger partial charge in [-0.1, -0.05) is 36.4 Å². The fourth-order valence-electron chi connectivity index (χ4n) is 1.69. The van der Waals surface area contributed by atoms with Gasteiger partial charge in [-0.25, -0.2) is 0 Å². The Hall–Kier alpha value is -1.96. The fourth-order valence-corrected chi connectivity index (χ4v) is 1.69. The molecule has 1 aliphatic carbocycles. The average Bonchev–Trinajstić information content (AvgIpc) is 2.86. The van der Waals surface area contributed by atoms with E-state index in [0.717, 1.165) is 17.2 Å². The van der Waals surface area contributed by atoms with Gasteiger partial charge in [-0.2, -0.15) is 0 Å². The number of benzene rings is 1. The van der Waals surface area contributed by atoms with E-state index in [1.54, 1.807) is 0 Å². The highest BCUT2D eigenvalue weighted by molar-refractivity contribution is 5.80. The maximum Gasteiger partial charge on any atom is 0.115 e. The van der Waals surface area contributed by atoms with Crippen molar-refractivity contribution in [2.45, 2.75) is 0 Å². The number of allylic oxidation sites excluding steroid dienone is 5. The summed E-state index contributed by atoms with van der Waals surface area (Å²) in [5, 5.41) is 6.68. The number of fused-ring (bicyclic) bond motifs is 1. The van der Waals surface area contributed by atoms with Gasteiger partial charge in [-0.05, 0) is 12.1 Å². The van der Waals surface area contributed by atoms with E-state index < -0.39 is 0 Å². The molecule has 2 aliphatic rings. The van der Waals surface area contributed by atoms with Crippen molar-refractivity contribution in [2.24, 2.45) is 0 Å². The standard InChI is InChI=1S/C12H10N2/c1-2-6-9(5-1)12-13-10-7-3-4-8-11(10)14-12/h1-8,13-14H. The van der Waals surface area contributed by atoms with Gasteiger partial charge in [0.15, 0.2) is 0 Å². The Bertz CT molecular complexity index is 426. The molecule has 1 aromatic rings. The predicted molar refractivity (Wildman–Crippen MR) is 59.0 cm³/mol. The summed E-state index contributed by atoms with van der Waals surface area (Å²) >= 11 is 0. The molecule has 2 heteroatoms. The second-order valence-corrected chi connectivity index (χ2v) is 3.34. The van der Waals surface area contributed by atoms with Crippen LogP contribution in [-0.2, 0) is 0 Å². The number of nitrogens with one attached hydrogen (secondary N) is 2. The van der Waals surface area contributed by atoms with Gasteiger partial charge in [-0.15, -0.1) is 0 Å². The topological polar surface area (TPSA) is 24.1 Å². The minimum Gasteiger partial charge on any atom is -0.340 e. The molecule has 0 unspecified atom stereocenters. The minimum absolute atomic E-state index is 1.07. The Labute approximate surface area is 82.6 Å². The number of anilines is 2. The Kier molecular flexibility index (Phi) is 1.47. The summed E-state index contributed by atoms with van der Waals surface area (Å²) in [5.74, 6) is 1.07. The molecule has 1 aromatic carbocycles. The van der Waals surface area contributed by atoms with Crippen molar-refractivity contribution in [3.63, 3.8) is 0 Å². The van der Waals surface area contributed by atoms with Crippen LogP contribution in [0, 0.1) is 0 Å². The van der Waals surface area contributed by atoms with E-state index in [9.17, 15) is 0 Å². The van der Waals surface area contributed by atoms with Crippen molar-refractivity contribution in [3.8, 4) is 0 Å². The molecule has 1 aliphatic heterocycles. The molecule has 0 saturated heterocycles. The Morgan fingerprint density at radius 1 is 0.786 bits per heavy atom. The monoisotopic (exact) mass is 182 g/mol. The zero-order valence-corrected chi connectivity index (χ0v) is 7.62. The van der Waals surface area contributed by atoms with E-state index >= 15 is 0 Å². The van der Waals surface area contributed by atoms with Gasteiger partial charge < -0.3 is 10.6 Å². The molecule has 68 valence electrons. The first kappa shape index (κ1) is 7.44. The largest absolute Gasteiger partial charge is 0.340 e. The van der Waals surface area contributed by atoms with E-state index in [-0.39, 0.29) is 0 Å². The van der Waals surface area contributed by atoms with Crippen molar-refractivity contribution in [2.75, 3.05) is 10.6 Å². The maximum atomic E-state index is 3.34. The molecule has 14 heavy (non-hydrogen) atoms. The summed E-state index contributed by atoms with van der Waals surface area (Å²) in [5.41, 5.74) is 3.48. The lowest BCUT2D eigenvalue weighted by Crippen LogP contribution is -2.01. The van der Waals surface area contributed by atoms with Crippen LogP contribution in [0.1, 0.15) is 0 Å². The van der Waals surface area contributed by atoms with E-state index in [0.29, 0.717) is 0 Å². The summed E-state index contributed by atoms with van der Waals surface area (Å²) in [6.07, 6.45) is 8.24. The molecule has 0 aromatic heterocycles. The number of hydrogen-bond acceptors (Lipinski definition) is 2. The molecule has 0 saturated carbocycles. The highest BCUT2D eigenvalue weighted by Gasteiger charge is 2.14. The fraction of sp³-hybridized carbons (Fsp3) is 0. The van der Waals surface area contributed by atoms with E-state index in [4.69, 9.17) is 0 Å². The molecule has 2 N–H and O–H groups in total. The Morgan fingerprint density at radius 2 is 1.36 bits per heavy atom. The van der Waals surface area contributed by atoms with E-state index in [1.165, 1.54) is 5.57 Å². The average molecular weight is 182 g/mol.